The zero-order valence-corrected chi connectivity index (χ0v) is 17.5. The number of hydrazine groups is 1. The van der Waals surface area contributed by atoms with Crippen LogP contribution >= 0.6 is 0 Å². The third-order valence-electron chi connectivity index (χ3n) is 4.61. The van der Waals surface area contributed by atoms with Crippen molar-refractivity contribution in [3.63, 3.8) is 0 Å². The number of nitrogens with one attached hydrogen (secondary N) is 2. The monoisotopic (exact) mass is 427 g/mol. The molecule has 9 nitrogen and oxygen atoms in total. The molecule has 2 N–H and O–H groups in total. The van der Waals surface area contributed by atoms with E-state index in [4.69, 9.17) is 14.2 Å². The van der Waals surface area contributed by atoms with Crippen molar-refractivity contribution in [2.45, 2.75) is 19.8 Å². The Kier molecular flexibility index (Phi) is 7.31. The summed E-state index contributed by atoms with van der Waals surface area (Å²) >= 11 is 0. The molecule has 0 bridgehead atoms. The zero-order valence-electron chi connectivity index (χ0n) is 17.5. The summed E-state index contributed by atoms with van der Waals surface area (Å²) in [6.07, 6.45) is 1.91. The Balaban J connectivity index is 1.58. The van der Waals surface area contributed by atoms with Crippen molar-refractivity contribution in [3.8, 4) is 17.2 Å². The maximum Gasteiger partial charge on any atom is 0.269 e. The van der Waals surface area contributed by atoms with E-state index < -0.39 is 11.8 Å². The number of carbonyl (C=O) groups is 3. The molecule has 164 valence electrons. The molecule has 0 saturated heterocycles. The number of hydrogen-bond acceptors (Lipinski definition) is 6. The fraction of sp³-hybridized carbons (Fsp3) is 0.318. The quantitative estimate of drug-likeness (QED) is 0.493. The second-order valence-electron chi connectivity index (χ2n) is 6.81. The minimum absolute atomic E-state index is 0.150. The van der Waals surface area contributed by atoms with E-state index in [9.17, 15) is 14.4 Å². The first kappa shape index (κ1) is 21.9. The van der Waals surface area contributed by atoms with Gasteiger partial charge in [0.15, 0.2) is 18.1 Å². The first-order chi connectivity index (χ1) is 15.0. The Labute approximate surface area is 180 Å². The number of unbranched alkanes of at least 4 members (excludes halogenated alkanes) is 1. The molecule has 2 aromatic carbocycles. The van der Waals surface area contributed by atoms with E-state index in [1.165, 1.54) is 18.1 Å². The van der Waals surface area contributed by atoms with Gasteiger partial charge in [-0.2, -0.15) is 0 Å². The van der Waals surface area contributed by atoms with E-state index >= 15 is 0 Å². The van der Waals surface area contributed by atoms with E-state index in [-0.39, 0.29) is 24.6 Å². The molecule has 9 heteroatoms. The number of amides is 3. The third kappa shape index (κ3) is 5.44. The van der Waals surface area contributed by atoms with Crippen molar-refractivity contribution < 1.29 is 28.6 Å². The van der Waals surface area contributed by atoms with Gasteiger partial charge in [-0.25, -0.2) is 0 Å². The number of anilines is 1. The molecular weight excluding hydrogens is 402 g/mol. The van der Waals surface area contributed by atoms with Gasteiger partial charge in [-0.1, -0.05) is 25.5 Å². The molecule has 1 heterocycles. The summed E-state index contributed by atoms with van der Waals surface area (Å²) in [4.78, 5) is 38.2. The van der Waals surface area contributed by atoms with Crippen molar-refractivity contribution in [2.24, 2.45) is 0 Å². The number of fused-ring (bicyclic) bond motifs is 1. The molecule has 0 aromatic heterocycles. The lowest BCUT2D eigenvalue weighted by molar-refractivity contribution is -0.125. The third-order valence-corrected chi connectivity index (χ3v) is 4.61. The van der Waals surface area contributed by atoms with Crippen LogP contribution in [-0.2, 0) is 9.59 Å². The summed E-state index contributed by atoms with van der Waals surface area (Å²) in [5, 5.41) is 0. The fourth-order valence-corrected chi connectivity index (χ4v) is 2.96. The summed E-state index contributed by atoms with van der Waals surface area (Å²) in [7, 11) is 1.49. The van der Waals surface area contributed by atoms with Crippen molar-refractivity contribution in [1.29, 1.82) is 0 Å². The van der Waals surface area contributed by atoms with Crippen LogP contribution in [0.3, 0.4) is 0 Å². The van der Waals surface area contributed by atoms with Gasteiger partial charge in [-0.3, -0.25) is 30.1 Å². The van der Waals surface area contributed by atoms with Crippen LogP contribution in [0.25, 0.3) is 0 Å². The standard InChI is InChI=1S/C22H25N3O6/c1-3-4-11-30-18-10-9-15(12-19(18)29-2)22(28)24-23-20(26)13-25-16-7-5-6-8-17(16)31-14-21(25)27/h5-10,12H,3-4,11,13-14H2,1-2H3,(H,23,26)(H,24,28). The highest BCUT2D eigenvalue weighted by molar-refractivity contribution is 6.02. The summed E-state index contributed by atoms with van der Waals surface area (Å²) in [5.74, 6) is 0.0628. The number of rotatable bonds is 8. The molecule has 2 aromatic rings. The van der Waals surface area contributed by atoms with E-state index in [1.807, 2.05) is 0 Å². The Bertz CT molecular complexity index is 962. The SMILES string of the molecule is CCCCOc1ccc(C(=O)NNC(=O)CN2C(=O)COc3ccccc32)cc1OC. The fourth-order valence-electron chi connectivity index (χ4n) is 2.96. The van der Waals surface area contributed by atoms with E-state index in [0.717, 1.165) is 12.8 Å². The highest BCUT2D eigenvalue weighted by Gasteiger charge is 2.27. The van der Waals surface area contributed by atoms with Crippen LogP contribution in [0.15, 0.2) is 42.5 Å². The smallest absolute Gasteiger partial charge is 0.269 e. The molecule has 3 rings (SSSR count). The molecular formula is C22H25N3O6. The maximum absolute atomic E-state index is 12.4. The van der Waals surface area contributed by atoms with Crippen LogP contribution in [0.5, 0.6) is 17.2 Å². The second-order valence-corrected chi connectivity index (χ2v) is 6.81. The topological polar surface area (TPSA) is 106 Å². The van der Waals surface area contributed by atoms with Crippen molar-refractivity contribution >= 4 is 23.4 Å². The lowest BCUT2D eigenvalue weighted by atomic mass is 10.2. The molecule has 1 aliphatic rings. The zero-order chi connectivity index (χ0) is 22.2. The van der Waals surface area contributed by atoms with Gasteiger partial charge >= 0.3 is 0 Å². The summed E-state index contributed by atoms with van der Waals surface area (Å²) < 4.78 is 16.3. The predicted molar refractivity (Wildman–Crippen MR) is 113 cm³/mol. The van der Waals surface area contributed by atoms with Crippen molar-refractivity contribution in [1.82, 2.24) is 10.9 Å². The van der Waals surface area contributed by atoms with Crippen molar-refractivity contribution in [2.75, 3.05) is 31.8 Å². The van der Waals surface area contributed by atoms with Gasteiger partial charge in [0.25, 0.3) is 17.7 Å². The second kappa shape index (κ2) is 10.3. The van der Waals surface area contributed by atoms with E-state index in [0.29, 0.717) is 29.5 Å². The number of nitrogens with zero attached hydrogens (tertiary/aromatic N) is 1. The average molecular weight is 427 g/mol. The number of hydrogen-bond donors (Lipinski definition) is 2. The van der Waals surface area contributed by atoms with Crippen LogP contribution in [0.4, 0.5) is 5.69 Å². The van der Waals surface area contributed by atoms with Crippen LogP contribution in [0.1, 0.15) is 30.1 Å². The number of para-hydroxylation sites is 2. The maximum atomic E-state index is 12.4. The highest BCUT2D eigenvalue weighted by atomic mass is 16.5. The minimum Gasteiger partial charge on any atom is -0.493 e. The van der Waals surface area contributed by atoms with Crippen LogP contribution in [0.2, 0.25) is 0 Å². The predicted octanol–water partition coefficient (Wildman–Crippen LogP) is 2.06. The van der Waals surface area contributed by atoms with Crippen LogP contribution < -0.4 is 30.0 Å². The molecule has 31 heavy (non-hydrogen) atoms. The molecule has 0 unspecified atom stereocenters. The average Bonchev–Trinajstić information content (AvgIpc) is 2.79. The van der Waals surface area contributed by atoms with Gasteiger partial charge in [0.2, 0.25) is 0 Å². The van der Waals surface area contributed by atoms with E-state index in [2.05, 4.69) is 17.8 Å². The van der Waals surface area contributed by atoms with Crippen molar-refractivity contribution in [3.05, 3.63) is 48.0 Å². The van der Waals surface area contributed by atoms with Gasteiger partial charge in [-0.15, -0.1) is 0 Å². The summed E-state index contributed by atoms with van der Waals surface area (Å²) in [6, 6.07) is 11.7. The molecule has 0 spiro atoms. The van der Waals surface area contributed by atoms with E-state index in [1.54, 1.807) is 36.4 Å². The number of methoxy groups -OCH3 is 1. The molecule has 0 radical (unpaired) electrons. The molecule has 0 saturated carbocycles. The Morgan fingerprint density at radius 3 is 2.71 bits per heavy atom. The normalized spacial score (nSPS) is 12.5. The van der Waals surface area contributed by atoms with Gasteiger partial charge < -0.3 is 14.2 Å². The highest BCUT2D eigenvalue weighted by Crippen LogP contribution is 2.31. The van der Waals surface area contributed by atoms with Crippen LogP contribution in [-0.4, -0.2) is 44.6 Å². The largest absolute Gasteiger partial charge is 0.493 e. The first-order valence-electron chi connectivity index (χ1n) is 9.95. The van der Waals surface area contributed by atoms with Crippen LogP contribution in [0, 0.1) is 0 Å². The molecule has 0 aliphatic carbocycles. The van der Waals surface area contributed by atoms with Gasteiger partial charge in [0, 0.05) is 5.56 Å². The Hall–Kier alpha value is -3.75. The Morgan fingerprint density at radius 2 is 1.94 bits per heavy atom. The van der Waals surface area contributed by atoms with Gasteiger partial charge in [0.05, 0.1) is 19.4 Å². The molecule has 0 atom stereocenters. The first-order valence-corrected chi connectivity index (χ1v) is 9.95. The minimum atomic E-state index is -0.551. The number of ether oxygens (including phenoxy) is 3. The molecule has 1 aliphatic heterocycles. The van der Waals surface area contributed by atoms with Gasteiger partial charge in [0.1, 0.15) is 12.3 Å². The summed E-state index contributed by atoms with van der Waals surface area (Å²) in [5.41, 5.74) is 5.46. The summed E-state index contributed by atoms with van der Waals surface area (Å²) in [6.45, 7) is 2.21. The lowest BCUT2D eigenvalue weighted by Crippen LogP contribution is -2.49. The molecule has 3 amide bonds. The number of carbonyl (C=O) groups excluding carboxylic acids is 3. The van der Waals surface area contributed by atoms with Gasteiger partial charge in [-0.05, 0) is 36.8 Å². The Morgan fingerprint density at radius 1 is 1.13 bits per heavy atom. The molecule has 0 fully saturated rings. The number of benzene rings is 2. The lowest BCUT2D eigenvalue weighted by Gasteiger charge is -2.28.